The molecular formula is C28H25F2N3OS. The van der Waals surface area contributed by atoms with E-state index in [0.717, 1.165) is 43.9 Å². The molecule has 3 aromatic carbocycles. The van der Waals surface area contributed by atoms with Crippen molar-refractivity contribution in [2.75, 3.05) is 0 Å². The van der Waals surface area contributed by atoms with E-state index in [0.29, 0.717) is 11.0 Å². The lowest BCUT2D eigenvalue weighted by molar-refractivity contribution is 0.0809. The first-order valence-electron chi connectivity index (χ1n) is 11.5. The molecule has 0 saturated carbocycles. The number of nitrogens with zero attached hydrogens (tertiary/aromatic N) is 3. The Kier molecular flexibility index (Phi) is 6.19. The van der Waals surface area contributed by atoms with Crippen LogP contribution in [0.5, 0.6) is 5.88 Å². The largest absolute Gasteiger partial charge is 0.442 e. The summed E-state index contributed by atoms with van der Waals surface area (Å²) in [6.45, 7) is 7.53. The summed E-state index contributed by atoms with van der Waals surface area (Å²) in [5, 5.41) is 0.863. The van der Waals surface area contributed by atoms with E-state index >= 15 is 0 Å². The van der Waals surface area contributed by atoms with E-state index in [9.17, 15) is 8.78 Å². The number of fused-ring (bicyclic) bond motifs is 2. The zero-order chi connectivity index (χ0) is 24.7. The van der Waals surface area contributed by atoms with Gasteiger partial charge in [-0.2, -0.15) is 0 Å². The number of rotatable bonds is 6. The molecule has 5 aromatic rings. The third-order valence-corrected chi connectivity index (χ3v) is 7.04. The number of alkyl halides is 1. The smallest absolute Gasteiger partial charge is 0.237 e. The minimum atomic E-state index is -1.46. The van der Waals surface area contributed by atoms with E-state index in [1.807, 2.05) is 25.1 Å². The van der Waals surface area contributed by atoms with Crippen LogP contribution in [0.1, 0.15) is 42.0 Å². The van der Waals surface area contributed by atoms with E-state index in [4.69, 9.17) is 9.72 Å². The van der Waals surface area contributed by atoms with E-state index in [2.05, 4.69) is 42.0 Å². The molecule has 35 heavy (non-hydrogen) atoms. The summed E-state index contributed by atoms with van der Waals surface area (Å²) in [6.07, 6.45) is 0.841. The molecular weight excluding hydrogens is 464 g/mol. The molecule has 0 aliphatic carbocycles. The summed E-state index contributed by atoms with van der Waals surface area (Å²) in [5.41, 5.74) is 7.67. The molecule has 0 spiro atoms. The van der Waals surface area contributed by atoms with Crippen molar-refractivity contribution in [1.82, 2.24) is 15.0 Å². The Bertz CT molecular complexity index is 1530. The first-order valence-corrected chi connectivity index (χ1v) is 12.3. The monoisotopic (exact) mass is 489 g/mol. The van der Waals surface area contributed by atoms with Crippen LogP contribution in [0.15, 0.2) is 54.7 Å². The fraction of sp³-hybridized carbons (Fsp3) is 0.250. The molecule has 5 rings (SSSR count). The van der Waals surface area contributed by atoms with Gasteiger partial charge in [0.15, 0.2) is 0 Å². The van der Waals surface area contributed by atoms with Gasteiger partial charge in [0.2, 0.25) is 12.2 Å². The van der Waals surface area contributed by atoms with Gasteiger partial charge in [-0.15, -0.1) is 11.3 Å². The van der Waals surface area contributed by atoms with Gasteiger partial charge in [-0.25, -0.2) is 23.7 Å². The van der Waals surface area contributed by atoms with Gasteiger partial charge in [-0.3, -0.25) is 0 Å². The lowest BCUT2D eigenvalue weighted by atomic mass is 9.93. The molecule has 7 heteroatoms. The van der Waals surface area contributed by atoms with Crippen molar-refractivity contribution in [2.45, 2.75) is 46.4 Å². The minimum absolute atomic E-state index is 0.157. The third kappa shape index (κ3) is 4.86. The fourth-order valence-electron chi connectivity index (χ4n) is 4.40. The molecule has 0 N–H and O–H groups in total. The second-order valence-electron chi connectivity index (χ2n) is 8.98. The van der Waals surface area contributed by atoms with Gasteiger partial charge in [-0.05, 0) is 78.8 Å². The zero-order valence-corrected chi connectivity index (χ0v) is 20.8. The highest BCUT2D eigenvalue weighted by atomic mass is 32.1. The average molecular weight is 490 g/mol. The summed E-state index contributed by atoms with van der Waals surface area (Å²) in [4.78, 5) is 13.9. The number of ether oxygens (including phenoxy) is 1. The Morgan fingerprint density at radius 1 is 0.971 bits per heavy atom. The zero-order valence-electron chi connectivity index (χ0n) is 20.0. The second kappa shape index (κ2) is 9.30. The molecule has 0 bridgehead atoms. The van der Waals surface area contributed by atoms with Crippen LogP contribution in [0.2, 0.25) is 0 Å². The Morgan fingerprint density at radius 2 is 1.74 bits per heavy atom. The fourth-order valence-corrected chi connectivity index (χ4v) is 5.52. The van der Waals surface area contributed by atoms with Crippen LogP contribution in [0.3, 0.4) is 0 Å². The van der Waals surface area contributed by atoms with E-state index in [1.165, 1.54) is 30.8 Å². The first kappa shape index (κ1) is 23.3. The molecule has 0 radical (unpaired) electrons. The molecule has 2 atom stereocenters. The average Bonchev–Trinajstić information content (AvgIpc) is 3.23. The number of hydrogen-bond acceptors (Lipinski definition) is 5. The highest BCUT2D eigenvalue weighted by molar-refractivity contribution is 7.21. The van der Waals surface area contributed by atoms with Gasteiger partial charge in [0.1, 0.15) is 10.8 Å². The van der Waals surface area contributed by atoms with Gasteiger partial charge >= 0.3 is 0 Å². The Morgan fingerprint density at radius 3 is 2.49 bits per heavy atom. The molecule has 4 nitrogen and oxygen atoms in total. The molecule has 0 aliphatic rings. The number of thiazole rings is 1. The summed E-state index contributed by atoms with van der Waals surface area (Å²) in [7, 11) is 0. The van der Waals surface area contributed by atoms with Crippen LogP contribution in [0.25, 0.3) is 31.8 Å². The maximum absolute atomic E-state index is 13.3. The SMILES string of the molecule is Cc1cc(-c2nc3c(C)cc(CC(C)c4ccc(F)cc4)cc3s2)c2ncc(OC(C)F)nc2c1. The van der Waals surface area contributed by atoms with Crippen molar-refractivity contribution in [3.63, 3.8) is 0 Å². The minimum Gasteiger partial charge on any atom is -0.442 e. The van der Waals surface area contributed by atoms with Crippen LogP contribution in [0.4, 0.5) is 8.78 Å². The number of aromatic nitrogens is 3. The topological polar surface area (TPSA) is 47.9 Å². The number of halogens is 2. The van der Waals surface area contributed by atoms with Crippen LogP contribution >= 0.6 is 11.3 Å². The lowest BCUT2D eigenvalue weighted by Crippen LogP contribution is -2.05. The molecule has 2 unspecified atom stereocenters. The highest BCUT2D eigenvalue weighted by Crippen LogP contribution is 2.37. The lowest BCUT2D eigenvalue weighted by Gasteiger charge is -2.12. The number of benzene rings is 3. The summed E-state index contributed by atoms with van der Waals surface area (Å²) >= 11 is 1.62. The van der Waals surface area contributed by atoms with Crippen molar-refractivity contribution in [2.24, 2.45) is 0 Å². The molecule has 0 amide bonds. The van der Waals surface area contributed by atoms with Crippen molar-refractivity contribution in [1.29, 1.82) is 0 Å². The predicted octanol–water partition coefficient (Wildman–Crippen LogP) is 7.70. The van der Waals surface area contributed by atoms with Gasteiger partial charge in [0, 0.05) is 12.5 Å². The molecule has 0 saturated heterocycles. The molecule has 0 fully saturated rings. The standard InChI is InChI=1S/C28H25F2N3OS/c1-15-9-22(27-23(10-15)32-25(14-31-27)34-18(4)29)28-33-26-17(3)12-19(13-24(26)35-28)11-16(2)20-5-7-21(30)8-6-20/h5-10,12-14,16,18H,11H2,1-4H3. The second-order valence-corrected chi connectivity index (χ2v) is 10.0. The van der Waals surface area contributed by atoms with Gasteiger partial charge in [0.05, 0.1) is 27.4 Å². The van der Waals surface area contributed by atoms with Crippen molar-refractivity contribution < 1.29 is 13.5 Å². The molecule has 2 heterocycles. The quantitative estimate of drug-likeness (QED) is 0.245. The van der Waals surface area contributed by atoms with E-state index < -0.39 is 6.36 Å². The first-order chi connectivity index (χ1) is 16.8. The number of hydrogen-bond donors (Lipinski definition) is 0. The Hall–Kier alpha value is -3.45. The molecule has 2 aromatic heterocycles. The Balaban J connectivity index is 1.52. The normalized spacial score (nSPS) is 13.3. The van der Waals surface area contributed by atoms with E-state index in [-0.39, 0.29) is 17.6 Å². The van der Waals surface area contributed by atoms with Gasteiger partial charge in [0.25, 0.3) is 0 Å². The highest BCUT2D eigenvalue weighted by Gasteiger charge is 2.16. The van der Waals surface area contributed by atoms with Crippen molar-refractivity contribution in [3.05, 3.63) is 82.8 Å². The summed E-state index contributed by atoms with van der Waals surface area (Å²) in [5.74, 6) is 0.202. The molecule has 0 aliphatic heterocycles. The Labute approximate surface area is 206 Å². The van der Waals surface area contributed by atoms with Crippen LogP contribution in [0, 0.1) is 19.7 Å². The third-order valence-electron chi connectivity index (χ3n) is 6.01. The van der Waals surface area contributed by atoms with Crippen molar-refractivity contribution >= 4 is 32.6 Å². The van der Waals surface area contributed by atoms with E-state index in [1.54, 1.807) is 11.3 Å². The van der Waals surface area contributed by atoms with Gasteiger partial charge < -0.3 is 4.74 Å². The molecule has 178 valence electrons. The van der Waals surface area contributed by atoms with Crippen LogP contribution < -0.4 is 4.74 Å². The maximum Gasteiger partial charge on any atom is 0.237 e. The summed E-state index contributed by atoms with van der Waals surface area (Å²) < 4.78 is 32.8. The van der Waals surface area contributed by atoms with Crippen LogP contribution in [-0.4, -0.2) is 21.3 Å². The predicted molar refractivity (Wildman–Crippen MR) is 137 cm³/mol. The summed E-state index contributed by atoms with van der Waals surface area (Å²) in [6, 6.07) is 15.1. The van der Waals surface area contributed by atoms with Gasteiger partial charge in [-0.1, -0.05) is 25.1 Å². The number of aryl methyl sites for hydroxylation is 2. The van der Waals surface area contributed by atoms with Crippen LogP contribution in [-0.2, 0) is 6.42 Å². The maximum atomic E-state index is 13.3. The van der Waals surface area contributed by atoms with Crippen molar-refractivity contribution in [3.8, 4) is 16.5 Å².